The summed E-state index contributed by atoms with van der Waals surface area (Å²) in [6.45, 7) is 43.4. The Kier molecular flexibility index (Phi) is 56.9. The van der Waals surface area contributed by atoms with Crippen molar-refractivity contribution in [1.82, 2.24) is 39.9 Å². The molecule has 6 aliphatic rings. The molecule has 1 atom stereocenters. The van der Waals surface area contributed by atoms with Gasteiger partial charge in [-0.05, 0) is 231 Å². The van der Waals surface area contributed by atoms with Gasteiger partial charge in [0.15, 0.2) is 17.4 Å². The third kappa shape index (κ3) is 50.3. The Morgan fingerprint density at radius 3 is 1.40 bits per heavy atom. The predicted molar refractivity (Wildman–Crippen MR) is 548 cm³/mol. The first-order chi connectivity index (χ1) is 66.7. The van der Waals surface area contributed by atoms with Crippen LogP contribution in [0.3, 0.4) is 0 Å². The Bertz CT molecular complexity index is 5880. The fourth-order valence-electron chi connectivity index (χ4n) is 14.9. The van der Waals surface area contributed by atoms with Crippen LogP contribution >= 0.6 is 56.2 Å². The number of nitrogens with zero attached hydrogens (tertiary/aromatic N) is 7. The number of aromatic amines is 1. The first-order valence-electron chi connectivity index (χ1n) is 46.0. The summed E-state index contributed by atoms with van der Waals surface area (Å²) in [5.41, 5.74) is 17.4. The summed E-state index contributed by atoms with van der Waals surface area (Å²) in [7, 11) is 12.4. The number of pyridine rings is 2. The molecule has 40 heteroatoms. The van der Waals surface area contributed by atoms with Gasteiger partial charge in [-0.25, -0.2) is 42.3 Å². The van der Waals surface area contributed by atoms with Crippen LogP contribution < -0.4 is 16.6 Å². The van der Waals surface area contributed by atoms with E-state index in [1.54, 1.807) is 56.0 Å². The number of benzene rings is 3. The van der Waals surface area contributed by atoms with Gasteiger partial charge >= 0.3 is 55.4 Å². The number of nitrogens with one attached hydrogen (secondary N) is 2. The van der Waals surface area contributed by atoms with Crippen LogP contribution in [-0.4, -0.2) is 142 Å². The Labute approximate surface area is 873 Å². The number of carboxylic acids is 1. The summed E-state index contributed by atoms with van der Waals surface area (Å²) in [5, 5.41) is 27.7. The Hall–Kier alpha value is -10.1. The van der Waals surface area contributed by atoms with Crippen molar-refractivity contribution in [2.24, 2.45) is 49.2 Å². The van der Waals surface area contributed by atoms with Crippen molar-refractivity contribution >= 4 is 130 Å². The molecule has 6 aliphatic carbocycles. The van der Waals surface area contributed by atoms with Crippen molar-refractivity contribution in [3.05, 3.63) is 197 Å². The van der Waals surface area contributed by atoms with E-state index in [1.165, 1.54) is 69.4 Å². The van der Waals surface area contributed by atoms with Gasteiger partial charge in [-0.15, -0.1) is 0 Å². The second-order valence-corrected chi connectivity index (χ2v) is 45.1. The number of allylic oxidation sites excluding steroid dienone is 2. The number of aliphatic hydroxyl groups is 2. The van der Waals surface area contributed by atoms with Crippen molar-refractivity contribution in [3.8, 4) is 34.2 Å². The Morgan fingerprint density at radius 2 is 1.01 bits per heavy atom. The number of aliphatic hydroxyl groups excluding tert-OH is 2. The van der Waals surface area contributed by atoms with Gasteiger partial charge in [0.05, 0.1) is 62.2 Å². The molecule has 0 bridgehead atoms. The molecule has 0 saturated heterocycles. The van der Waals surface area contributed by atoms with Gasteiger partial charge in [-0.1, -0.05) is 165 Å². The first kappa shape index (κ1) is 132. The normalized spacial score (nSPS) is 15.6. The maximum atomic E-state index is 14.4. The van der Waals surface area contributed by atoms with Crippen LogP contribution in [0.2, 0.25) is 15.1 Å². The van der Waals surface area contributed by atoms with Crippen LogP contribution in [0.5, 0.6) is 0 Å². The third-order valence-corrected chi connectivity index (χ3v) is 23.8. The van der Waals surface area contributed by atoms with E-state index in [1.807, 2.05) is 81.4 Å². The van der Waals surface area contributed by atoms with Gasteiger partial charge in [0.1, 0.15) is 46.6 Å². The van der Waals surface area contributed by atoms with E-state index in [4.69, 9.17) is 81.1 Å². The number of ether oxygens (including phenoxy) is 3. The van der Waals surface area contributed by atoms with E-state index >= 15 is 0 Å². The summed E-state index contributed by atoms with van der Waals surface area (Å²) in [6, 6.07) is 16.8. The SMILES string of the molecule is CC1(C)C=CC(=O)CC1.CC1(C)CCC(=O)CC1.CC1(C)Cc2nc(-c3cc(Cl)ccc3F)[nH]c(=O)c2C1.CCC(C)(C)CC(=O)O.CCO.CO.COC(=O)C1CC(C)(C)CC1=O.COC(=O)CCC(C)(C)CC(=O)OC.Cc1cnccc1N.Cc1cnccc1Nc1nc(-c2cc(Cl)ccc2F)nc2c1CC(C)(C)C2.Cc1nc(-c2cc(Cl)ccc2F)nc2c1CC(C)(C)C2.O=C=O.O=S(Cl)Cl.[O]=[Cr](=[O])=[O]. The summed E-state index contributed by atoms with van der Waals surface area (Å²) < 4.78 is 90.6. The summed E-state index contributed by atoms with van der Waals surface area (Å²) in [6.07, 6.45) is 25.0. The molecule has 144 heavy (non-hydrogen) atoms. The molecule has 0 aliphatic heterocycles. The number of carboxylic acid groups (broad SMARTS) is 1. The van der Waals surface area contributed by atoms with E-state index in [0.717, 1.165) is 135 Å². The molecule has 0 amide bonds. The number of Topliss-reactive ketones (excluding diaryl/α,β-unsaturated/α-hetero) is 2. The molecule has 1 unspecified atom stereocenters. The number of fused-ring (bicyclic) bond motifs is 3. The quantitative estimate of drug-likeness (QED) is 0.0255. The van der Waals surface area contributed by atoms with Gasteiger partial charge in [0.2, 0.25) is 9.23 Å². The van der Waals surface area contributed by atoms with E-state index in [2.05, 4.69) is 150 Å². The van der Waals surface area contributed by atoms with Crippen LogP contribution in [0.15, 0.2) is 108 Å². The zero-order chi connectivity index (χ0) is 111. The van der Waals surface area contributed by atoms with E-state index < -0.39 is 40.9 Å². The third-order valence-electron chi connectivity index (χ3n) is 23.1. The number of rotatable bonds is 14. The zero-order valence-corrected chi connectivity index (χ0v) is 92.7. The number of aliphatic carboxylic acids is 1. The summed E-state index contributed by atoms with van der Waals surface area (Å²) >= 11 is 14.1. The second kappa shape index (κ2) is 62.1. The predicted octanol–water partition coefficient (Wildman–Crippen LogP) is 22.6. The number of carbonyl (C=O) groups excluding carboxylic acids is 8. The number of halogens is 8. The van der Waals surface area contributed by atoms with Crippen molar-refractivity contribution in [3.63, 3.8) is 0 Å². The maximum absolute atomic E-state index is 14.4. The van der Waals surface area contributed by atoms with Crippen LogP contribution in [0.4, 0.5) is 30.4 Å². The second-order valence-electron chi connectivity index (χ2n) is 40.6. The van der Waals surface area contributed by atoms with E-state index in [-0.39, 0.29) is 115 Å². The molecular formula is C104H140Cl5CrF3N10O20S. The van der Waals surface area contributed by atoms with Crippen LogP contribution in [-0.2, 0) is 130 Å². The van der Waals surface area contributed by atoms with Gasteiger partial charge in [0, 0.05) is 141 Å². The zero-order valence-electron chi connectivity index (χ0n) is 86.9. The van der Waals surface area contributed by atoms with Crippen molar-refractivity contribution in [1.29, 1.82) is 0 Å². The number of aryl methyl sites for hydroxylation is 3. The first-order valence-corrected chi connectivity index (χ1v) is 51.5. The minimum absolute atomic E-state index is 0.0202. The molecule has 3 aromatic carbocycles. The monoisotopic (exact) mass is 2160 g/mol. The molecule has 30 nitrogen and oxygen atoms in total. The molecule has 0 spiro atoms. The van der Waals surface area contributed by atoms with Gasteiger partial charge in [0.25, 0.3) is 5.56 Å². The molecule has 2 fully saturated rings. The van der Waals surface area contributed by atoms with Gasteiger partial charge in [-0.3, -0.25) is 48.3 Å². The Morgan fingerprint density at radius 1 is 0.583 bits per heavy atom. The topological polar surface area (TPSA) is 471 Å². The summed E-state index contributed by atoms with van der Waals surface area (Å²) in [4.78, 5) is 138. The minimum atomic E-state index is -3.79. The van der Waals surface area contributed by atoms with Crippen molar-refractivity contribution in [2.45, 2.75) is 267 Å². The molecule has 2 saturated carbocycles. The number of methoxy groups -OCH3 is 3. The fraction of sp³-hybridized carbons (Fsp3) is 0.519. The van der Waals surface area contributed by atoms with Crippen LogP contribution in [0.25, 0.3) is 34.2 Å². The van der Waals surface area contributed by atoms with Crippen molar-refractivity contribution < 1.29 is 115 Å². The summed E-state index contributed by atoms with van der Waals surface area (Å²) in [5.74, 6) is -0.792. The Balaban J connectivity index is 0.000000815. The number of nitrogens with two attached hydrogens (primary N) is 1. The average Bonchev–Trinajstić information content (AvgIpc) is 1.63. The van der Waals surface area contributed by atoms with Crippen molar-refractivity contribution in [2.75, 3.05) is 46.1 Å². The molecule has 0 radical (unpaired) electrons. The molecule has 5 heterocycles. The fourth-order valence-corrected chi connectivity index (χ4v) is 15.4. The number of esters is 3. The molecule has 7 N–H and O–H groups in total. The molecular weight excluding hydrogens is 2030 g/mol. The van der Waals surface area contributed by atoms with Gasteiger partial charge in [-0.2, -0.15) is 9.59 Å². The standard InChI is InChI=1S/C21H20ClFN4.C16H16ClFN2.C15H14ClFN2O.C10H18O4.C9H14O3.C8H14O.C8H12O.C7H14O2.C6H8N2.C2H6O.CO2.CH4O.Cl2OS.Cr.3O/c1-12-11-24-7-6-17(12)25-20-15-9-21(2,3)10-18(15)26-19(27-20)14-8-13(22)4-5-16(14)23;1-9-12-7-16(2,3)8-14(12)20-15(19-9)11-6-10(17)4-5-13(11)18;1-15(2)6-10-12(7-15)18-13(19-14(10)20)9-5-8(16)3-4-11(9)17;1-10(2,7-9(12)14-4)6-5-8(11)13-3;1-9(2)4-6(7(10)5-9)8(11)12-3;2*1-8(2)5-3-7(9)4-6-8;1-4-7(2,3)5-6(8)9;1-5-4-8-3-2-6(5)7;1-2-3;2-1-3;1-2;1-4(2)3;;;;/h4-8,11H,9-10H2,1-3H3,(H,24,25,26,27);4-6H,7-8H2,1-3H3;3-5H,6-7H2,1-2H3,(H,18,19,20);5-7H2,1-4H3;6H,4-5H2,1-3H3;3-6H2,1-2H3;3,5H,4,6H2,1-2H3;4-5H2,1-3H3,(H,8,9);2-4H,1H3,(H2,7,8);3H,2H2,1H3;;2H,1H3;;;;;. The average molecular weight is 2170 g/mol. The molecule has 8 aromatic rings. The number of anilines is 3. The number of nitrogen functional groups attached to an aromatic ring is 1. The number of hydrogen-bond acceptors (Lipinski definition) is 28. The number of ketones is 3. The number of hydrogen-bond donors (Lipinski definition) is 6. The number of carbonyl (C=O) groups is 7. The molecule has 794 valence electrons. The number of H-pyrrole nitrogens is 1. The van der Waals surface area contributed by atoms with E-state index in [0.29, 0.717) is 98.9 Å². The van der Waals surface area contributed by atoms with Gasteiger partial charge < -0.3 is 45.6 Å². The molecule has 14 rings (SSSR count). The van der Waals surface area contributed by atoms with E-state index in [9.17, 15) is 51.5 Å². The molecule has 5 aromatic heterocycles. The van der Waals surface area contributed by atoms with Crippen LogP contribution in [0, 0.1) is 87.5 Å². The number of aromatic nitrogens is 8. The van der Waals surface area contributed by atoms with Crippen LogP contribution in [0.1, 0.15) is 259 Å².